The summed E-state index contributed by atoms with van der Waals surface area (Å²) in [6, 6.07) is 4.01. The molecule has 1 saturated carbocycles. The van der Waals surface area contributed by atoms with Gasteiger partial charge in [0.1, 0.15) is 0 Å². The van der Waals surface area contributed by atoms with Gasteiger partial charge in [0.2, 0.25) is 0 Å². The lowest BCUT2D eigenvalue weighted by molar-refractivity contribution is -0.141. The third-order valence-electron chi connectivity index (χ3n) is 3.76. The Bertz CT molecular complexity index is 442. The van der Waals surface area contributed by atoms with E-state index < -0.39 is 5.97 Å². The molecule has 18 heavy (non-hydrogen) atoms. The second-order valence-electron chi connectivity index (χ2n) is 5.21. The van der Waals surface area contributed by atoms with E-state index in [1.807, 2.05) is 17.0 Å². The molecule has 1 aromatic heterocycles. The van der Waals surface area contributed by atoms with E-state index >= 15 is 0 Å². The fraction of sp³-hybridized carbons (Fsp3) is 0.615. The van der Waals surface area contributed by atoms with Gasteiger partial charge < -0.3 is 10.0 Å². The van der Waals surface area contributed by atoms with Gasteiger partial charge in [-0.05, 0) is 37.8 Å². The van der Waals surface area contributed by atoms with Gasteiger partial charge in [-0.2, -0.15) is 5.10 Å². The Balaban J connectivity index is 1.71. The van der Waals surface area contributed by atoms with Gasteiger partial charge in [0, 0.05) is 19.0 Å². The van der Waals surface area contributed by atoms with Crippen LogP contribution in [0.5, 0.6) is 0 Å². The zero-order valence-electron chi connectivity index (χ0n) is 10.2. The Kier molecular flexibility index (Phi) is 2.89. The van der Waals surface area contributed by atoms with Gasteiger partial charge in [-0.25, -0.2) is 0 Å². The van der Waals surface area contributed by atoms with E-state index in [1.165, 1.54) is 12.8 Å². The van der Waals surface area contributed by atoms with Crippen molar-refractivity contribution in [3.63, 3.8) is 0 Å². The van der Waals surface area contributed by atoms with E-state index in [2.05, 4.69) is 10.2 Å². The van der Waals surface area contributed by atoms with Crippen LogP contribution in [0.3, 0.4) is 0 Å². The summed E-state index contributed by atoms with van der Waals surface area (Å²) in [4.78, 5) is 13.1. The molecule has 0 aromatic carbocycles. The van der Waals surface area contributed by atoms with Crippen molar-refractivity contribution in [3.05, 3.63) is 17.8 Å². The SMILES string of the molecule is O=C(O)C1CCCN(c2ccc(C3CC3)nn2)C1. The summed E-state index contributed by atoms with van der Waals surface area (Å²) in [6.45, 7) is 1.42. The molecule has 0 radical (unpaired) electrons. The molecule has 1 saturated heterocycles. The molecule has 3 rings (SSSR count). The van der Waals surface area contributed by atoms with Crippen molar-refractivity contribution in [3.8, 4) is 0 Å². The molecule has 1 aromatic rings. The molecule has 0 bridgehead atoms. The fourth-order valence-corrected chi connectivity index (χ4v) is 2.49. The van der Waals surface area contributed by atoms with E-state index in [1.54, 1.807) is 0 Å². The van der Waals surface area contributed by atoms with Crippen LogP contribution < -0.4 is 4.90 Å². The van der Waals surface area contributed by atoms with Crippen molar-refractivity contribution >= 4 is 11.8 Å². The van der Waals surface area contributed by atoms with Crippen molar-refractivity contribution < 1.29 is 9.90 Å². The Labute approximate surface area is 106 Å². The van der Waals surface area contributed by atoms with Crippen LogP contribution in [0.25, 0.3) is 0 Å². The van der Waals surface area contributed by atoms with Gasteiger partial charge in [0.05, 0.1) is 11.6 Å². The van der Waals surface area contributed by atoms with Crippen LogP contribution >= 0.6 is 0 Å². The molecule has 1 unspecified atom stereocenters. The molecule has 0 amide bonds. The highest BCUT2D eigenvalue weighted by Gasteiger charge is 2.28. The van der Waals surface area contributed by atoms with Crippen LogP contribution in [-0.2, 0) is 4.79 Å². The standard InChI is InChI=1S/C13H17N3O2/c17-13(18)10-2-1-7-16(8-10)12-6-5-11(14-15-12)9-3-4-9/h5-6,9-10H,1-4,7-8H2,(H,17,18). The van der Waals surface area contributed by atoms with Crippen molar-refractivity contribution in [2.45, 2.75) is 31.6 Å². The Hall–Kier alpha value is -1.65. The number of nitrogens with zero attached hydrogens (tertiary/aromatic N) is 3. The summed E-state index contributed by atoms with van der Waals surface area (Å²) < 4.78 is 0. The number of piperidine rings is 1. The molecule has 1 aliphatic carbocycles. The predicted octanol–water partition coefficient (Wildman–Crippen LogP) is 1.66. The topological polar surface area (TPSA) is 66.3 Å². The molecule has 2 fully saturated rings. The summed E-state index contributed by atoms with van der Waals surface area (Å²) in [5, 5.41) is 17.6. The monoisotopic (exact) mass is 247 g/mol. The number of aromatic nitrogens is 2. The quantitative estimate of drug-likeness (QED) is 0.879. The summed E-state index contributed by atoms with van der Waals surface area (Å²) in [5.41, 5.74) is 1.07. The van der Waals surface area contributed by atoms with E-state index in [0.717, 1.165) is 30.9 Å². The lowest BCUT2D eigenvalue weighted by Crippen LogP contribution is -2.39. The average Bonchev–Trinajstić information content (AvgIpc) is 3.23. The van der Waals surface area contributed by atoms with E-state index in [9.17, 15) is 4.79 Å². The molecule has 0 spiro atoms. The molecule has 96 valence electrons. The van der Waals surface area contributed by atoms with Crippen LogP contribution in [0.1, 0.15) is 37.3 Å². The van der Waals surface area contributed by atoms with Crippen LogP contribution in [0.4, 0.5) is 5.82 Å². The van der Waals surface area contributed by atoms with Gasteiger partial charge in [-0.3, -0.25) is 4.79 Å². The van der Waals surface area contributed by atoms with Crippen LogP contribution in [0, 0.1) is 5.92 Å². The number of aliphatic carboxylic acids is 1. The first-order valence-electron chi connectivity index (χ1n) is 6.55. The number of anilines is 1. The summed E-state index contributed by atoms with van der Waals surface area (Å²) in [6.07, 6.45) is 4.11. The Morgan fingerprint density at radius 3 is 2.72 bits per heavy atom. The van der Waals surface area contributed by atoms with Gasteiger partial charge in [-0.1, -0.05) is 0 Å². The molecule has 5 heteroatoms. The molecule has 2 heterocycles. The molecular weight excluding hydrogens is 230 g/mol. The highest BCUT2D eigenvalue weighted by atomic mass is 16.4. The Morgan fingerprint density at radius 1 is 1.28 bits per heavy atom. The van der Waals surface area contributed by atoms with Crippen LogP contribution in [-0.4, -0.2) is 34.4 Å². The number of carboxylic acids is 1. The minimum absolute atomic E-state index is 0.274. The summed E-state index contributed by atoms with van der Waals surface area (Å²) in [7, 11) is 0. The summed E-state index contributed by atoms with van der Waals surface area (Å²) in [5.74, 6) is 0.441. The van der Waals surface area contributed by atoms with Gasteiger partial charge in [0.25, 0.3) is 0 Å². The van der Waals surface area contributed by atoms with E-state index in [0.29, 0.717) is 12.5 Å². The largest absolute Gasteiger partial charge is 0.481 e. The average molecular weight is 247 g/mol. The van der Waals surface area contributed by atoms with E-state index in [4.69, 9.17) is 5.11 Å². The van der Waals surface area contributed by atoms with Crippen molar-refractivity contribution in [2.75, 3.05) is 18.0 Å². The highest BCUT2D eigenvalue weighted by molar-refractivity contribution is 5.71. The molecule has 2 aliphatic rings. The minimum Gasteiger partial charge on any atom is -0.481 e. The van der Waals surface area contributed by atoms with Gasteiger partial charge in [-0.15, -0.1) is 5.10 Å². The molecular formula is C13H17N3O2. The maximum Gasteiger partial charge on any atom is 0.308 e. The number of hydrogen-bond donors (Lipinski definition) is 1. The van der Waals surface area contributed by atoms with Crippen molar-refractivity contribution in [1.29, 1.82) is 0 Å². The van der Waals surface area contributed by atoms with Gasteiger partial charge in [0.15, 0.2) is 5.82 Å². The second kappa shape index (κ2) is 4.55. The zero-order valence-corrected chi connectivity index (χ0v) is 10.2. The number of carbonyl (C=O) groups is 1. The van der Waals surface area contributed by atoms with Crippen molar-refractivity contribution in [2.24, 2.45) is 5.92 Å². The van der Waals surface area contributed by atoms with E-state index in [-0.39, 0.29) is 5.92 Å². The molecule has 1 atom stereocenters. The maximum absolute atomic E-state index is 11.0. The number of hydrogen-bond acceptors (Lipinski definition) is 4. The highest BCUT2D eigenvalue weighted by Crippen LogP contribution is 2.38. The second-order valence-corrected chi connectivity index (χ2v) is 5.21. The number of rotatable bonds is 3. The zero-order chi connectivity index (χ0) is 12.5. The molecule has 1 aliphatic heterocycles. The minimum atomic E-state index is -0.706. The van der Waals surface area contributed by atoms with Crippen LogP contribution in [0.2, 0.25) is 0 Å². The lowest BCUT2D eigenvalue weighted by Gasteiger charge is -2.31. The predicted molar refractivity (Wildman–Crippen MR) is 66.6 cm³/mol. The third kappa shape index (κ3) is 2.30. The normalized spacial score (nSPS) is 24.0. The first-order valence-corrected chi connectivity index (χ1v) is 6.55. The van der Waals surface area contributed by atoms with Gasteiger partial charge >= 0.3 is 5.97 Å². The summed E-state index contributed by atoms with van der Waals surface area (Å²) >= 11 is 0. The first-order chi connectivity index (χ1) is 8.74. The van der Waals surface area contributed by atoms with Crippen LogP contribution in [0.15, 0.2) is 12.1 Å². The lowest BCUT2D eigenvalue weighted by atomic mass is 9.98. The van der Waals surface area contributed by atoms with Crippen molar-refractivity contribution in [1.82, 2.24) is 10.2 Å². The molecule has 1 N–H and O–H groups in total. The fourth-order valence-electron chi connectivity index (χ4n) is 2.49. The Morgan fingerprint density at radius 2 is 2.11 bits per heavy atom. The number of carboxylic acid groups (broad SMARTS) is 1. The smallest absolute Gasteiger partial charge is 0.308 e. The maximum atomic E-state index is 11.0. The molecule has 5 nitrogen and oxygen atoms in total. The third-order valence-corrected chi connectivity index (χ3v) is 3.76. The first kappa shape index (κ1) is 11.4.